The van der Waals surface area contributed by atoms with E-state index in [4.69, 9.17) is 4.74 Å². The molecular formula is C28H32O3. The molecule has 0 saturated heterocycles. The largest absolute Gasteiger partial charge is 0.459 e. The van der Waals surface area contributed by atoms with Crippen LogP contribution in [0.1, 0.15) is 46.5 Å². The highest BCUT2D eigenvalue weighted by atomic mass is 16.5. The van der Waals surface area contributed by atoms with Gasteiger partial charge >= 0.3 is 0 Å². The second-order valence-corrected chi connectivity index (χ2v) is 10.4. The molecule has 0 radical (unpaired) electrons. The topological polar surface area (TPSA) is 46.5 Å². The fourth-order valence-electron chi connectivity index (χ4n) is 7.11. The zero-order valence-electron chi connectivity index (χ0n) is 18.7. The number of benzene rings is 1. The summed E-state index contributed by atoms with van der Waals surface area (Å²) < 4.78 is 6.07. The van der Waals surface area contributed by atoms with Crippen LogP contribution in [0.25, 0.3) is 0 Å². The first kappa shape index (κ1) is 20.5. The quantitative estimate of drug-likeness (QED) is 0.501. The molecule has 4 aliphatic carbocycles. The molecule has 1 aromatic rings. The highest BCUT2D eigenvalue weighted by Crippen LogP contribution is 2.66. The first-order valence-electron chi connectivity index (χ1n) is 11.5. The molecule has 6 atom stereocenters. The minimum atomic E-state index is -1.06. The Hall–Kier alpha value is -2.39. The number of aliphatic hydroxyl groups is 1. The molecule has 1 unspecified atom stereocenters. The van der Waals surface area contributed by atoms with Gasteiger partial charge in [-0.1, -0.05) is 56.4 Å². The molecule has 5 rings (SSSR count). The molecule has 0 spiro atoms. The van der Waals surface area contributed by atoms with E-state index in [0.29, 0.717) is 35.7 Å². The van der Waals surface area contributed by atoms with Crippen molar-refractivity contribution in [2.45, 2.75) is 52.1 Å². The fraction of sp³-hybridized carbons (Fsp3) is 0.464. The highest BCUT2D eigenvalue weighted by molar-refractivity contribution is 6.01. The number of carbonyl (C=O) groups is 1. The Labute approximate surface area is 185 Å². The van der Waals surface area contributed by atoms with Crippen molar-refractivity contribution in [3.8, 4) is 5.75 Å². The van der Waals surface area contributed by atoms with E-state index >= 15 is 0 Å². The summed E-state index contributed by atoms with van der Waals surface area (Å²) in [6, 6.07) is 9.61. The lowest BCUT2D eigenvalue weighted by molar-refractivity contribution is -0.110. The van der Waals surface area contributed by atoms with Gasteiger partial charge < -0.3 is 9.84 Å². The van der Waals surface area contributed by atoms with Gasteiger partial charge in [0.15, 0.2) is 5.78 Å². The number of carbonyl (C=O) groups excluding carboxylic acids is 1. The summed E-state index contributed by atoms with van der Waals surface area (Å²) in [5.41, 5.74) is 1.11. The Morgan fingerprint density at radius 2 is 1.94 bits per heavy atom. The molecular weight excluding hydrogens is 384 g/mol. The van der Waals surface area contributed by atoms with Crippen molar-refractivity contribution in [3.05, 3.63) is 78.1 Å². The number of para-hydroxylation sites is 1. The van der Waals surface area contributed by atoms with Crippen LogP contribution in [0, 0.1) is 28.6 Å². The lowest BCUT2D eigenvalue weighted by Crippen LogP contribution is -2.52. The minimum absolute atomic E-state index is 0.101. The lowest BCUT2D eigenvalue weighted by Gasteiger charge is -2.55. The molecule has 3 heteroatoms. The van der Waals surface area contributed by atoms with Crippen LogP contribution in [0.3, 0.4) is 0 Å². The molecule has 1 N–H and O–H groups in total. The van der Waals surface area contributed by atoms with Crippen LogP contribution in [-0.2, 0) is 4.79 Å². The fourth-order valence-corrected chi connectivity index (χ4v) is 7.11. The Bertz CT molecular complexity index is 1030. The zero-order chi connectivity index (χ0) is 22.0. The van der Waals surface area contributed by atoms with Crippen molar-refractivity contribution in [2.75, 3.05) is 0 Å². The normalized spacial score (nSPS) is 40.9. The van der Waals surface area contributed by atoms with Gasteiger partial charge in [0.1, 0.15) is 17.1 Å². The van der Waals surface area contributed by atoms with Gasteiger partial charge in [-0.25, -0.2) is 0 Å². The minimum Gasteiger partial charge on any atom is -0.459 e. The van der Waals surface area contributed by atoms with E-state index in [1.54, 1.807) is 6.08 Å². The van der Waals surface area contributed by atoms with E-state index in [0.717, 1.165) is 19.3 Å². The molecule has 0 amide bonds. The number of ether oxygens (including phenoxy) is 1. The van der Waals surface area contributed by atoms with Gasteiger partial charge in [-0.05, 0) is 80.2 Å². The van der Waals surface area contributed by atoms with Crippen molar-refractivity contribution in [3.63, 3.8) is 0 Å². The molecule has 0 aliphatic heterocycles. The Morgan fingerprint density at radius 1 is 1.19 bits per heavy atom. The Kier molecular flexibility index (Phi) is 4.50. The molecule has 2 saturated carbocycles. The summed E-state index contributed by atoms with van der Waals surface area (Å²) in [6.45, 7) is 10.9. The van der Waals surface area contributed by atoms with Gasteiger partial charge in [0.2, 0.25) is 0 Å². The third kappa shape index (κ3) is 2.79. The molecule has 0 aromatic heterocycles. The van der Waals surface area contributed by atoms with Crippen LogP contribution in [-0.4, -0.2) is 16.5 Å². The van der Waals surface area contributed by atoms with Crippen LogP contribution < -0.4 is 4.74 Å². The molecule has 1 aromatic carbocycles. The monoisotopic (exact) mass is 416 g/mol. The maximum Gasteiger partial charge on any atom is 0.178 e. The Morgan fingerprint density at radius 3 is 2.68 bits per heavy atom. The summed E-state index contributed by atoms with van der Waals surface area (Å²) in [6.07, 6.45) is 11.5. The average molecular weight is 417 g/mol. The molecule has 31 heavy (non-hydrogen) atoms. The van der Waals surface area contributed by atoms with Gasteiger partial charge in [-0.3, -0.25) is 4.79 Å². The SMILES string of the molecule is C=C(Oc1ccccc1)[C@@]1(O)CC[C@H]2[C@@H]3CC(C)C4=CC(=O)C=C[C@]4(C)C3=CC[C@@]21C. The molecule has 0 heterocycles. The summed E-state index contributed by atoms with van der Waals surface area (Å²) in [7, 11) is 0. The van der Waals surface area contributed by atoms with E-state index in [1.165, 1.54) is 11.1 Å². The number of fused-ring (bicyclic) bond motifs is 5. The maximum absolute atomic E-state index is 12.1. The molecule has 3 nitrogen and oxygen atoms in total. The van der Waals surface area contributed by atoms with Crippen LogP contribution in [0.15, 0.2) is 78.1 Å². The van der Waals surface area contributed by atoms with Gasteiger partial charge in [0, 0.05) is 10.8 Å². The van der Waals surface area contributed by atoms with Gasteiger partial charge in [-0.2, -0.15) is 0 Å². The first-order chi connectivity index (χ1) is 14.7. The number of allylic oxidation sites excluding steroid dienone is 6. The smallest absolute Gasteiger partial charge is 0.178 e. The van der Waals surface area contributed by atoms with Gasteiger partial charge in [0.25, 0.3) is 0 Å². The van der Waals surface area contributed by atoms with Crippen LogP contribution in [0.2, 0.25) is 0 Å². The third-order valence-electron chi connectivity index (χ3n) is 8.87. The van der Waals surface area contributed by atoms with Crippen LogP contribution >= 0.6 is 0 Å². The number of ketones is 1. The molecule has 2 fully saturated rings. The van der Waals surface area contributed by atoms with Crippen LogP contribution in [0.4, 0.5) is 0 Å². The lowest BCUT2D eigenvalue weighted by atomic mass is 9.50. The van der Waals surface area contributed by atoms with Crippen molar-refractivity contribution < 1.29 is 14.6 Å². The van der Waals surface area contributed by atoms with E-state index < -0.39 is 5.60 Å². The summed E-state index contributed by atoms with van der Waals surface area (Å²) in [4.78, 5) is 12.1. The second-order valence-electron chi connectivity index (χ2n) is 10.4. The number of hydrogen-bond donors (Lipinski definition) is 1. The third-order valence-corrected chi connectivity index (χ3v) is 8.87. The molecule has 162 valence electrons. The van der Waals surface area contributed by atoms with Crippen molar-refractivity contribution in [1.29, 1.82) is 0 Å². The van der Waals surface area contributed by atoms with E-state index in [2.05, 4.69) is 39.5 Å². The standard InChI is InChI=1S/C28H32O3/c1-18-16-22-23(26(3)13-10-20(29)17-25(18)26)11-14-27(4)24(22)12-15-28(27,30)19(2)31-21-8-6-5-7-9-21/h5-11,13,17-18,22,24,30H,2,12,14-16H2,1,3-4H3/t18?,22-,24+,26-,27+,28+/m1/s1. The number of hydrogen-bond acceptors (Lipinski definition) is 3. The summed E-state index contributed by atoms with van der Waals surface area (Å²) in [5.74, 6) is 2.38. The zero-order valence-corrected chi connectivity index (χ0v) is 18.7. The molecule has 4 aliphatic rings. The predicted molar refractivity (Wildman–Crippen MR) is 122 cm³/mol. The van der Waals surface area contributed by atoms with Crippen molar-refractivity contribution in [1.82, 2.24) is 0 Å². The van der Waals surface area contributed by atoms with Gasteiger partial charge in [-0.15, -0.1) is 0 Å². The van der Waals surface area contributed by atoms with Crippen molar-refractivity contribution in [2.24, 2.45) is 28.6 Å². The van der Waals surface area contributed by atoms with E-state index in [1.807, 2.05) is 36.4 Å². The van der Waals surface area contributed by atoms with E-state index in [-0.39, 0.29) is 16.6 Å². The number of rotatable bonds is 3. The van der Waals surface area contributed by atoms with E-state index in [9.17, 15) is 9.90 Å². The average Bonchev–Trinajstić information content (AvgIpc) is 3.02. The predicted octanol–water partition coefficient (Wildman–Crippen LogP) is 5.78. The van der Waals surface area contributed by atoms with Crippen LogP contribution in [0.5, 0.6) is 5.75 Å². The van der Waals surface area contributed by atoms with Gasteiger partial charge in [0.05, 0.1) is 0 Å². The first-order valence-corrected chi connectivity index (χ1v) is 11.5. The Balaban J connectivity index is 1.50. The maximum atomic E-state index is 12.1. The second kappa shape index (κ2) is 6.80. The summed E-state index contributed by atoms with van der Waals surface area (Å²) >= 11 is 0. The molecule has 0 bridgehead atoms. The van der Waals surface area contributed by atoms with Crippen molar-refractivity contribution >= 4 is 5.78 Å². The highest BCUT2D eigenvalue weighted by Gasteiger charge is 2.63. The summed E-state index contributed by atoms with van der Waals surface area (Å²) in [5, 5.41) is 11.9.